The van der Waals surface area contributed by atoms with Crippen LogP contribution in [0.3, 0.4) is 0 Å². The third kappa shape index (κ3) is 1.53. The van der Waals surface area contributed by atoms with Gasteiger partial charge in [-0.3, -0.25) is 0 Å². The third-order valence-electron chi connectivity index (χ3n) is 2.81. The van der Waals surface area contributed by atoms with Crippen molar-refractivity contribution >= 4 is 0 Å². The fourth-order valence-corrected chi connectivity index (χ4v) is 2.07. The van der Waals surface area contributed by atoms with Crippen molar-refractivity contribution in [3.05, 3.63) is 47.5 Å². The zero-order valence-corrected chi connectivity index (χ0v) is 8.33. The number of rotatable bonds is 1. The lowest BCUT2D eigenvalue weighted by Gasteiger charge is -2.23. The maximum absolute atomic E-state index is 2.35. The Hall–Kier alpha value is -1.04. The van der Waals surface area contributed by atoms with Gasteiger partial charge in [0.25, 0.3) is 0 Å². The van der Waals surface area contributed by atoms with Gasteiger partial charge in [0.1, 0.15) is 0 Å². The molecule has 1 unspecified atom stereocenters. The second kappa shape index (κ2) is 3.37. The van der Waals surface area contributed by atoms with E-state index in [4.69, 9.17) is 0 Å². The Kier molecular flexibility index (Phi) is 2.22. The van der Waals surface area contributed by atoms with Crippen LogP contribution in [0.15, 0.2) is 36.4 Å². The zero-order chi connectivity index (χ0) is 9.26. The Morgan fingerprint density at radius 1 is 1.23 bits per heavy atom. The van der Waals surface area contributed by atoms with Crippen LogP contribution in [0.2, 0.25) is 0 Å². The van der Waals surface area contributed by atoms with E-state index in [-0.39, 0.29) is 0 Å². The van der Waals surface area contributed by atoms with Crippen LogP contribution in [0, 0.1) is 5.92 Å². The molecule has 13 heavy (non-hydrogen) atoms. The molecule has 0 aliphatic heterocycles. The van der Waals surface area contributed by atoms with E-state index in [1.165, 1.54) is 11.1 Å². The van der Waals surface area contributed by atoms with Crippen LogP contribution in [0.25, 0.3) is 0 Å². The van der Waals surface area contributed by atoms with E-state index in [0.717, 1.165) is 6.42 Å². The summed E-state index contributed by atoms with van der Waals surface area (Å²) >= 11 is 0. The summed E-state index contributed by atoms with van der Waals surface area (Å²) in [5.41, 5.74) is 3.03. The lowest BCUT2D eigenvalue weighted by Crippen LogP contribution is -2.09. The third-order valence-corrected chi connectivity index (χ3v) is 2.81. The standard InChI is InChI=1S/C13H16/c1-10(2)12-9-5-7-11-6-3-4-8-13(11)12/h3-6,8-10,12H,7H2,1-2H3. The van der Waals surface area contributed by atoms with Crippen LogP contribution in [0.5, 0.6) is 0 Å². The lowest BCUT2D eigenvalue weighted by atomic mass is 9.81. The van der Waals surface area contributed by atoms with Gasteiger partial charge in [-0.25, -0.2) is 0 Å². The van der Waals surface area contributed by atoms with Crippen LogP contribution < -0.4 is 0 Å². The van der Waals surface area contributed by atoms with Gasteiger partial charge in [-0.15, -0.1) is 0 Å². The van der Waals surface area contributed by atoms with E-state index in [0.29, 0.717) is 11.8 Å². The van der Waals surface area contributed by atoms with Crippen molar-refractivity contribution in [2.45, 2.75) is 26.2 Å². The summed E-state index contributed by atoms with van der Waals surface area (Å²) in [4.78, 5) is 0. The van der Waals surface area contributed by atoms with Gasteiger partial charge in [0.05, 0.1) is 0 Å². The monoisotopic (exact) mass is 172 g/mol. The summed E-state index contributed by atoms with van der Waals surface area (Å²) in [5, 5.41) is 0. The highest BCUT2D eigenvalue weighted by atomic mass is 14.2. The van der Waals surface area contributed by atoms with Gasteiger partial charge in [-0.05, 0) is 23.5 Å². The first-order valence-electron chi connectivity index (χ1n) is 5.03. The molecule has 1 aromatic rings. The SMILES string of the molecule is CC(C)C1C=CCc2ccccc21. The maximum atomic E-state index is 2.35. The van der Waals surface area contributed by atoms with E-state index < -0.39 is 0 Å². The normalized spacial score (nSPS) is 20.4. The van der Waals surface area contributed by atoms with Crippen molar-refractivity contribution < 1.29 is 0 Å². The molecular formula is C13H16. The summed E-state index contributed by atoms with van der Waals surface area (Å²) in [7, 11) is 0. The molecule has 0 fully saturated rings. The van der Waals surface area contributed by atoms with Gasteiger partial charge in [-0.2, -0.15) is 0 Å². The van der Waals surface area contributed by atoms with E-state index in [9.17, 15) is 0 Å². The van der Waals surface area contributed by atoms with Crippen LogP contribution in [-0.4, -0.2) is 0 Å². The molecule has 0 aromatic heterocycles. The first kappa shape index (κ1) is 8.55. The topological polar surface area (TPSA) is 0 Å². The Labute approximate surface area is 80.3 Å². The van der Waals surface area contributed by atoms with Crippen molar-refractivity contribution in [2.24, 2.45) is 5.92 Å². The molecule has 0 saturated carbocycles. The molecule has 0 amide bonds. The minimum Gasteiger partial charge on any atom is -0.0835 e. The first-order valence-corrected chi connectivity index (χ1v) is 5.03. The predicted octanol–water partition coefficient (Wildman–Crippen LogP) is 3.54. The number of benzene rings is 1. The molecule has 1 aromatic carbocycles. The number of hydrogen-bond acceptors (Lipinski definition) is 0. The molecule has 1 atom stereocenters. The van der Waals surface area contributed by atoms with Crippen molar-refractivity contribution in [1.82, 2.24) is 0 Å². The Morgan fingerprint density at radius 2 is 2.00 bits per heavy atom. The van der Waals surface area contributed by atoms with Crippen LogP contribution in [0.4, 0.5) is 0 Å². The van der Waals surface area contributed by atoms with Gasteiger partial charge in [0.2, 0.25) is 0 Å². The van der Waals surface area contributed by atoms with E-state index in [2.05, 4.69) is 50.3 Å². The van der Waals surface area contributed by atoms with Gasteiger partial charge in [0, 0.05) is 5.92 Å². The highest BCUT2D eigenvalue weighted by Crippen LogP contribution is 2.31. The fraction of sp³-hybridized carbons (Fsp3) is 0.385. The van der Waals surface area contributed by atoms with E-state index in [1.807, 2.05) is 0 Å². The van der Waals surface area contributed by atoms with Gasteiger partial charge < -0.3 is 0 Å². The fourth-order valence-electron chi connectivity index (χ4n) is 2.07. The molecular weight excluding hydrogens is 156 g/mol. The first-order chi connectivity index (χ1) is 6.29. The summed E-state index contributed by atoms with van der Waals surface area (Å²) in [6.07, 6.45) is 5.76. The largest absolute Gasteiger partial charge is 0.0835 e. The highest BCUT2D eigenvalue weighted by Gasteiger charge is 2.17. The average Bonchev–Trinajstić information content (AvgIpc) is 2.17. The van der Waals surface area contributed by atoms with E-state index in [1.54, 1.807) is 0 Å². The Morgan fingerprint density at radius 3 is 2.77 bits per heavy atom. The second-order valence-corrected chi connectivity index (χ2v) is 4.10. The maximum Gasteiger partial charge on any atom is 0.00439 e. The van der Waals surface area contributed by atoms with Crippen molar-refractivity contribution in [1.29, 1.82) is 0 Å². The molecule has 0 N–H and O–H groups in total. The molecule has 68 valence electrons. The average molecular weight is 172 g/mol. The number of allylic oxidation sites excluding steroid dienone is 2. The van der Waals surface area contributed by atoms with Gasteiger partial charge in [-0.1, -0.05) is 50.3 Å². The molecule has 0 heterocycles. The zero-order valence-electron chi connectivity index (χ0n) is 8.33. The van der Waals surface area contributed by atoms with Gasteiger partial charge in [0.15, 0.2) is 0 Å². The molecule has 0 spiro atoms. The molecule has 0 nitrogen and oxygen atoms in total. The molecule has 2 rings (SSSR count). The summed E-state index contributed by atoms with van der Waals surface area (Å²) < 4.78 is 0. The van der Waals surface area contributed by atoms with Crippen molar-refractivity contribution in [3.63, 3.8) is 0 Å². The number of hydrogen-bond donors (Lipinski definition) is 0. The van der Waals surface area contributed by atoms with Crippen LogP contribution >= 0.6 is 0 Å². The molecule has 0 saturated heterocycles. The van der Waals surface area contributed by atoms with Crippen LogP contribution in [0.1, 0.15) is 30.9 Å². The van der Waals surface area contributed by atoms with E-state index >= 15 is 0 Å². The molecule has 0 radical (unpaired) electrons. The van der Waals surface area contributed by atoms with Crippen molar-refractivity contribution in [2.75, 3.05) is 0 Å². The second-order valence-electron chi connectivity index (χ2n) is 4.10. The minimum absolute atomic E-state index is 0.630. The summed E-state index contributed by atoms with van der Waals surface area (Å²) in [5.74, 6) is 1.34. The molecule has 1 aliphatic rings. The summed E-state index contributed by atoms with van der Waals surface area (Å²) in [6, 6.07) is 8.79. The van der Waals surface area contributed by atoms with Crippen LogP contribution in [-0.2, 0) is 6.42 Å². The van der Waals surface area contributed by atoms with Gasteiger partial charge >= 0.3 is 0 Å². The quantitative estimate of drug-likeness (QED) is 0.568. The molecule has 1 aliphatic carbocycles. The summed E-state index contributed by atoms with van der Waals surface area (Å²) in [6.45, 7) is 4.58. The van der Waals surface area contributed by atoms with Crippen molar-refractivity contribution in [3.8, 4) is 0 Å². The lowest BCUT2D eigenvalue weighted by molar-refractivity contribution is 0.569. The smallest absolute Gasteiger partial charge is 0.00439 e. The highest BCUT2D eigenvalue weighted by molar-refractivity contribution is 5.38. The Bertz CT molecular complexity index is 321. The Balaban J connectivity index is 2.42. The number of fused-ring (bicyclic) bond motifs is 1. The minimum atomic E-state index is 0.630. The predicted molar refractivity (Wildman–Crippen MR) is 56.9 cm³/mol. The molecule has 0 bridgehead atoms. The molecule has 0 heteroatoms.